The first-order chi connectivity index (χ1) is 16.7. The molecule has 0 radical (unpaired) electrons. The van der Waals surface area contributed by atoms with Crippen LogP contribution in [-0.4, -0.2) is 31.6 Å². The van der Waals surface area contributed by atoms with Crippen molar-refractivity contribution in [2.45, 2.75) is 38.2 Å². The molecule has 192 valence electrons. The Hall–Kier alpha value is -2.81. The SMILES string of the molecule is CC(C)CN(c1ccc(-c2ccc(OC(C)(C)C(=O)O)c(F)c2)cc1)S(=O)(=O)c1c(Cl)cccc1Cl. The highest BCUT2D eigenvalue weighted by Crippen LogP contribution is 2.35. The van der Waals surface area contributed by atoms with Crippen LogP contribution >= 0.6 is 23.2 Å². The number of carboxylic acid groups (broad SMARTS) is 1. The van der Waals surface area contributed by atoms with Crippen LogP contribution in [0.4, 0.5) is 10.1 Å². The third-order valence-corrected chi connectivity index (χ3v) is 8.05. The summed E-state index contributed by atoms with van der Waals surface area (Å²) in [4.78, 5) is 11.1. The topological polar surface area (TPSA) is 83.9 Å². The van der Waals surface area contributed by atoms with E-state index in [9.17, 15) is 22.7 Å². The second kappa shape index (κ2) is 10.7. The maximum absolute atomic E-state index is 14.7. The highest BCUT2D eigenvalue weighted by Gasteiger charge is 2.31. The summed E-state index contributed by atoms with van der Waals surface area (Å²) in [6.07, 6.45) is 0. The van der Waals surface area contributed by atoms with E-state index in [0.29, 0.717) is 16.8 Å². The molecule has 1 N–H and O–H groups in total. The molecule has 3 aromatic carbocycles. The van der Waals surface area contributed by atoms with E-state index in [2.05, 4.69) is 0 Å². The van der Waals surface area contributed by atoms with Crippen molar-refractivity contribution >= 4 is 44.9 Å². The molecule has 0 aliphatic rings. The fraction of sp³-hybridized carbons (Fsp3) is 0.269. The van der Waals surface area contributed by atoms with Crippen molar-refractivity contribution in [1.29, 1.82) is 0 Å². The van der Waals surface area contributed by atoms with Crippen molar-refractivity contribution in [1.82, 2.24) is 0 Å². The van der Waals surface area contributed by atoms with Gasteiger partial charge in [0.25, 0.3) is 10.0 Å². The maximum atomic E-state index is 14.7. The molecule has 0 spiro atoms. The van der Waals surface area contributed by atoms with Crippen LogP contribution in [0.25, 0.3) is 11.1 Å². The summed E-state index contributed by atoms with van der Waals surface area (Å²) in [6, 6.07) is 15.3. The predicted molar refractivity (Wildman–Crippen MR) is 140 cm³/mol. The van der Waals surface area contributed by atoms with Gasteiger partial charge in [-0.05, 0) is 67.3 Å². The molecular formula is C26H26Cl2FNO5S. The van der Waals surface area contributed by atoms with Crippen molar-refractivity contribution in [3.8, 4) is 16.9 Å². The van der Waals surface area contributed by atoms with Gasteiger partial charge in [0.15, 0.2) is 17.2 Å². The quantitative estimate of drug-likeness (QED) is 0.311. The number of anilines is 1. The number of hydrogen-bond acceptors (Lipinski definition) is 4. The van der Waals surface area contributed by atoms with Crippen molar-refractivity contribution in [2.24, 2.45) is 5.92 Å². The van der Waals surface area contributed by atoms with Crippen LogP contribution in [0.3, 0.4) is 0 Å². The molecule has 3 rings (SSSR count). The van der Waals surface area contributed by atoms with Crippen LogP contribution in [0, 0.1) is 11.7 Å². The summed E-state index contributed by atoms with van der Waals surface area (Å²) in [7, 11) is -4.08. The van der Waals surface area contributed by atoms with Gasteiger partial charge < -0.3 is 9.84 Å². The molecule has 0 aliphatic carbocycles. The summed E-state index contributed by atoms with van der Waals surface area (Å²) >= 11 is 12.4. The van der Waals surface area contributed by atoms with Gasteiger partial charge >= 0.3 is 5.97 Å². The number of hydrogen-bond donors (Lipinski definition) is 1. The first-order valence-electron chi connectivity index (χ1n) is 11.0. The Morgan fingerprint density at radius 1 is 1.03 bits per heavy atom. The summed E-state index contributed by atoms with van der Waals surface area (Å²) < 4.78 is 48.3. The number of carboxylic acids is 1. The molecule has 0 saturated heterocycles. The molecule has 0 atom stereocenters. The van der Waals surface area contributed by atoms with Crippen LogP contribution in [0.15, 0.2) is 65.6 Å². The minimum absolute atomic E-state index is 0.00240. The second-order valence-electron chi connectivity index (χ2n) is 9.09. The zero-order valence-corrected chi connectivity index (χ0v) is 22.5. The molecular weight excluding hydrogens is 528 g/mol. The van der Waals surface area contributed by atoms with Crippen LogP contribution < -0.4 is 9.04 Å². The van der Waals surface area contributed by atoms with Crippen LogP contribution in [0.5, 0.6) is 5.75 Å². The van der Waals surface area contributed by atoms with E-state index in [0.717, 1.165) is 0 Å². The molecule has 0 unspecified atom stereocenters. The molecule has 0 saturated carbocycles. The van der Waals surface area contributed by atoms with Crippen molar-refractivity contribution in [3.63, 3.8) is 0 Å². The number of nitrogens with zero attached hydrogens (tertiary/aromatic N) is 1. The lowest BCUT2D eigenvalue weighted by Gasteiger charge is -2.27. The fourth-order valence-corrected chi connectivity index (χ4v) is 6.14. The van der Waals surface area contributed by atoms with Crippen molar-refractivity contribution in [2.75, 3.05) is 10.8 Å². The van der Waals surface area contributed by atoms with Gasteiger partial charge in [-0.3, -0.25) is 4.31 Å². The van der Waals surface area contributed by atoms with Crippen LogP contribution in [-0.2, 0) is 14.8 Å². The average molecular weight is 554 g/mol. The van der Waals surface area contributed by atoms with E-state index in [1.54, 1.807) is 36.4 Å². The Labute approximate surface area is 220 Å². The molecule has 0 aliphatic heterocycles. The van der Waals surface area contributed by atoms with E-state index in [-0.39, 0.29) is 33.2 Å². The van der Waals surface area contributed by atoms with E-state index < -0.39 is 27.4 Å². The molecule has 3 aromatic rings. The van der Waals surface area contributed by atoms with Crippen molar-refractivity contribution < 1.29 is 27.4 Å². The highest BCUT2D eigenvalue weighted by molar-refractivity contribution is 7.93. The molecule has 0 aromatic heterocycles. The standard InChI is InChI=1S/C26H26Cl2FNO5S/c1-16(2)15-30(36(33,34)24-20(27)6-5-7-21(24)28)19-11-8-17(9-12-19)18-10-13-23(22(29)14-18)35-26(3,4)25(31)32/h5-14,16H,15H2,1-4H3,(H,31,32). The second-order valence-corrected chi connectivity index (χ2v) is 11.7. The monoisotopic (exact) mass is 553 g/mol. The molecule has 6 nitrogen and oxygen atoms in total. The lowest BCUT2D eigenvalue weighted by atomic mass is 10.0. The third-order valence-electron chi connectivity index (χ3n) is 5.30. The van der Waals surface area contributed by atoms with Gasteiger partial charge in [0.2, 0.25) is 0 Å². The average Bonchev–Trinajstić information content (AvgIpc) is 2.78. The number of ether oxygens (including phenoxy) is 1. The first kappa shape index (κ1) is 27.8. The smallest absolute Gasteiger partial charge is 0.347 e. The molecule has 36 heavy (non-hydrogen) atoms. The highest BCUT2D eigenvalue weighted by atomic mass is 35.5. The first-order valence-corrected chi connectivity index (χ1v) is 13.2. The number of halogens is 3. The lowest BCUT2D eigenvalue weighted by Crippen LogP contribution is -2.38. The van der Waals surface area contributed by atoms with E-state index >= 15 is 0 Å². The van der Waals surface area contributed by atoms with Gasteiger partial charge in [-0.25, -0.2) is 17.6 Å². The molecule has 10 heteroatoms. The molecule has 0 bridgehead atoms. The summed E-state index contributed by atoms with van der Waals surface area (Å²) in [5.74, 6) is -2.13. The van der Waals surface area contributed by atoms with E-state index in [4.69, 9.17) is 27.9 Å². The molecule has 0 heterocycles. The Bertz CT molecular complexity index is 1360. The minimum atomic E-state index is -4.08. The summed E-state index contributed by atoms with van der Waals surface area (Å²) in [5.41, 5.74) is -0.0710. The van der Waals surface area contributed by atoms with E-state index in [1.807, 2.05) is 13.8 Å². The van der Waals surface area contributed by atoms with Crippen LogP contribution in [0.1, 0.15) is 27.7 Å². The third kappa shape index (κ3) is 5.94. The maximum Gasteiger partial charge on any atom is 0.347 e. The zero-order chi connectivity index (χ0) is 26.8. The number of aliphatic carboxylic acids is 1. The number of carbonyl (C=O) groups is 1. The number of rotatable bonds is 9. The van der Waals surface area contributed by atoms with Gasteiger partial charge in [0.05, 0.1) is 15.7 Å². The minimum Gasteiger partial charge on any atom is -0.478 e. The van der Waals surface area contributed by atoms with Gasteiger partial charge in [0, 0.05) is 6.54 Å². The lowest BCUT2D eigenvalue weighted by molar-refractivity contribution is -0.152. The number of sulfonamides is 1. The largest absolute Gasteiger partial charge is 0.478 e. The Kier molecular flexibility index (Phi) is 8.23. The van der Waals surface area contributed by atoms with Gasteiger partial charge in [-0.1, -0.05) is 61.3 Å². The zero-order valence-electron chi connectivity index (χ0n) is 20.1. The van der Waals surface area contributed by atoms with Gasteiger partial charge in [-0.15, -0.1) is 0 Å². The number of benzene rings is 3. The van der Waals surface area contributed by atoms with Crippen molar-refractivity contribution in [3.05, 3.63) is 76.5 Å². The normalized spacial score (nSPS) is 12.0. The summed E-state index contributed by atoms with van der Waals surface area (Å²) in [5, 5.41) is 9.25. The van der Waals surface area contributed by atoms with E-state index in [1.165, 1.54) is 42.4 Å². The summed E-state index contributed by atoms with van der Waals surface area (Å²) in [6.45, 7) is 6.62. The van der Waals surface area contributed by atoms with Gasteiger partial charge in [-0.2, -0.15) is 0 Å². The Morgan fingerprint density at radius 2 is 1.58 bits per heavy atom. The predicted octanol–water partition coefficient (Wildman–Crippen LogP) is 6.89. The Morgan fingerprint density at radius 3 is 2.08 bits per heavy atom. The van der Waals surface area contributed by atoms with Crippen LogP contribution in [0.2, 0.25) is 10.0 Å². The molecule has 0 fully saturated rings. The fourth-order valence-electron chi connectivity index (χ4n) is 3.41. The molecule has 0 amide bonds. The van der Waals surface area contributed by atoms with Gasteiger partial charge in [0.1, 0.15) is 4.90 Å². The Balaban J connectivity index is 1.96.